The van der Waals surface area contributed by atoms with Crippen molar-refractivity contribution in [1.29, 1.82) is 0 Å². The maximum atomic E-state index is 12.3. The van der Waals surface area contributed by atoms with Crippen LogP contribution in [0.25, 0.3) is 33.4 Å². The van der Waals surface area contributed by atoms with Crippen molar-refractivity contribution >= 4 is 10.9 Å². The Balaban J connectivity index is 0.000000614. The molecule has 0 amide bonds. The minimum Gasteiger partial charge on any atom is -0.618 e. The first kappa shape index (κ1) is 20.0. The van der Waals surface area contributed by atoms with E-state index in [4.69, 9.17) is 0 Å². The van der Waals surface area contributed by atoms with Gasteiger partial charge < -0.3 is 5.21 Å². The number of fused-ring (bicyclic) bond motifs is 1. The molecule has 2 aromatic heterocycles. The normalized spacial score (nSPS) is 9.63. The zero-order valence-corrected chi connectivity index (χ0v) is 16.3. The molecule has 0 unspecified atom stereocenters. The van der Waals surface area contributed by atoms with E-state index in [0.29, 0.717) is 11.2 Å². The van der Waals surface area contributed by atoms with Gasteiger partial charge in [-0.3, -0.25) is 0 Å². The third-order valence-corrected chi connectivity index (χ3v) is 3.80. The van der Waals surface area contributed by atoms with Gasteiger partial charge in [-0.2, -0.15) is 4.73 Å². The summed E-state index contributed by atoms with van der Waals surface area (Å²) in [7, 11) is 0. The number of nitrogens with zero attached hydrogens (tertiary/aromatic N) is 3. The number of pyridine rings is 1. The average molecular weight is 359 g/mol. The standard InChI is InChI=1S/C19H13N3O.2C2H6/c23-22-12-11-16-17(14-7-3-1-4-8-14)20-13-21-18(16)19(22)15-9-5-2-6-10-15;2*1-2/h1-13H;2*1-2H3. The Morgan fingerprint density at radius 2 is 1.26 bits per heavy atom. The molecule has 0 aliphatic carbocycles. The molecule has 2 heterocycles. The highest BCUT2D eigenvalue weighted by Crippen LogP contribution is 2.29. The molecule has 0 bridgehead atoms. The van der Waals surface area contributed by atoms with Crippen LogP contribution in [0.1, 0.15) is 27.7 Å². The highest BCUT2D eigenvalue weighted by molar-refractivity contribution is 5.97. The molecule has 0 atom stereocenters. The van der Waals surface area contributed by atoms with Crippen molar-refractivity contribution in [2.45, 2.75) is 27.7 Å². The molecule has 0 saturated carbocycles. The topological polar surface area (TPSA) is 52.7 Å². The van der Waals surface area contributed by atoms with Gasteiger partial charge in [-0.25, -0.2) is 9.97 Å². The lowest BCUT2D eigenvalue weighted by molar-refractivity contribution is -0.592. The summed E-state index contributed by atoms with van der Waals surface area (Å²) in [5, 5.41) is 13.2. The second-order valence-corrected chi connectivity index (χ2v) is 5.21. The molecule has 4 heteroatoms. The van der Waals surface area contributed by atoms with Crippen LogP contribution in [0.2, 0.25) is 0 Å². The highest BCUT2D eigenvalue weighted by atomic mass is 16.5. The van der Waals surface area contributed by atoms with Gasteiger partial charge in [0, 0.05) is 22.6 Å². The van der Waals surface area contributed by atoms with Gasteiger partial charge in [-0.1, -0.05) is 76.2 Å². The van der Waals surface area contributed by atoms with Crippen LogP contribution in [0.15, 0.2) is 79.3 Å². The van der Waals surface area contributed by atoms with Gasteiger partial charge in [0.1, 0.15) is 11.8 Å². The molecular formula is C23H25N3O. The van der Waals surface area contributed by atoms with Crippen molar-refractivity contribution in [2.75, 3.05) is 0 Å². The first-order valence-corrected chi connectivity index (χ1v) is 9.32. The van der Waals surface area contributed by atoms with Crippen molar-refractivity contribution in [1.82, 2.24) is 9.97 Å². The highest BCUT2D eigenvalue weighted by Gasteiger charge is 2.18. The minimum atomic E-state index is 0.544. The summed E-state index contributed by atoms with van der Waals surface area (Å²) in [6.45, 7) is 8.00. The Morgan fingerprint density at radius 3 is 1.85 bits per heavy atom. The van der Waals surface area contributed by atoms with Gasteiger partial charge in [0.2, 0.25) is 5.69 Å². The number of rotatable bonds is 2. The van der Waals surface area contributed by atoms with E-state index < -0.39 is 0 Å². The second-order valence-electron chi connectivity index (χ2n) is 5.21. The molecule has 0 aliphatic rings. The summed E-state index contributed by atoms with van der Waals surface area (Å²) >= 11 is 0. The predicted octanol–water partition coefficient (Wildman–Crippen LogP) is 5.65. The van der Waals surface area contributed by atoms with Gasteiger partial charge in [0.15, 0.2) is 6.20 Å². The number of benzene rings is 2. The smallest absolute Gasteiger partial charge is 0.250 e. The van der Waals surface area contributed by atoms with E-state index in [-0.39, 0.29) is 0 Å². The maximum absolute atomic E-state index is 12.3. The largest absolute Gasteiger partial charge is 0.618 e. The van der Waals surface area contributed by atoms with Crippen LogP contribution in [-0.2, 0) is 0 Å². The second kappa shape index (κ2) is 10.0. The average Bonchev–Trinajstić information content (AvgIpc) is 2.77. The Morgan fingerprint density at radius 1 is 0.704 bits per heavy atom. The lowest BCUT2D eigenvalue weighted by Crippen LogP contribution is -2.28. The lowest BCUT2D eigenvalue weighted by atomic mass is 10.0. The van der Waals surface area contributed by atoms with Crippen LogP contribution in [0, 0.1) is 5.21 Å². The van der Waals surface area contributed by atoms with Crippen molar-refractivity contribution < 1.29 is 4.73 Å². The summed E-state index contributed by atoms with van der Waals surface area (Å²) in [6, 6.07) is 21.3. The molecule has 27 heavy (non-hydrogen) atoms. The Labute approximate surface area is 160 Å². The van der Waals surface area contributed by atoms with Crippen LogP contribution in [0.4, 0.5) is 0 Å². The van der Waals surface area contributed by atoms with Gasteiger partial charge in [-0.15, -0.1) is 0 Å². The van der Waals surface area contributed by atoms with E-state index in [2.05, 4.69) is 9.97 Å². The zero-order valence-electron chi connectivity index (χ0n) is 16.3. The van der Waals surface area contributed by atoms with Crippen molar-refractivity contribution in [2.24, 2.45) is 0 Å². The quantitative estimate of drug-likeness (QED) is 0.343. The summed E-state index contributed by atoms with van der Waals surface area (Å²) in [5.74, 6) is 0. The molecule has 4 aromatic rings. The first-order chi connectivity index (χ1) is 13.3. The van der Waals surface area contributed by atoms with E-state index in [0.717, 1.165) is 26.9 Å². The van der Waals surface area contributed by atoms with Gasteiger partial charge in [0.05, 0.1) is 5.69 Å². The van der Waals surface area contributed by atoms with E-state index in [1.807, 2.05) is 88.4 Å². The van der Waals surface area contributed by atoms with Gasteiger partial charge in [0.25, 0.3) is 0 Å². The first-order valence-electron chi connectivity index (χ1n) is 9.32. The number of hydrogen-bond acceptors (Lipinski definition) is 3. The third kappa shape index (κ3) is 4.29. The van der Waals surface area contributed by atoms with Crippen LogP contribution >= 0.6 is 0 Å². The summed E-state index contributed by atoms with van der Waals surface area (Å²) < 4.78 is 0.861. The third-order valence-electron chi connectivity index (χ3n) is 3.80. The van der Waals surface area contributed by atoms with E-state index in [9.17, 15) is 5.21 Å². The lowest BCUT2D eigenvalue weighted by Gasteiger charge is -2.09. The molecule has 2 aromatic carbocycles. The van der Waals surface area contributed by atoms with Crippen LogP contribution in [-0.4, -0.2) is 9.97 Å². The molecule has 138 valence electrons. The summed E-state index contributed by atoms with van der Waals surface area (Å²) in [5.41, 5.74) is 3.87. The minimum absolute atomic E-state index is 0.544. The fourth-order valence-electron chi connectivity index (χ4n) is 2.75. The number of aromatic nitrogens is 3. The van der Waals surface area contributed by atoms with Crippen LogP contribution < -0.4 is 4.73 Å². The van der Waals surface area contributed by atoms with Crippen LogP contribution in [0.5, 0.6) is 0 Å². The summed E-state index contributed by atoms with van der Waals surface area (Å²) in [4.78, 5) is 8.79. The monoisotopic (exact) mass is 359 g/mol. The van der Waals surface area contributed by atoms with Gasteiger partial charge >= 0.3 is 0 Å². The Hall–Kier alpha value is -3.27. The van der Waals surface area contributed by atoms with E-state index in [1.54, 1.807) is 6.07 Å². The molecule has 0 saturated heterocycles. The maximum Gasteiger partial charge on any atom is 0.250 e. The zero-order chi connectivity index (χ0) is 19.6. The van der Waals surface area contributed by atoms with E-state index in [1.165, 1.54) is 12.5 Å². The fraction of sp³-hybridized carbons (Fsp3) is 0.174. The fourth-order valence-corrected chi connectivity index (χ4v) is 2.75. The Kier molecular flexibility index (Phi) is 7.44. The number of hydrogen-bond donors (Lipinski definition) is 0. The molecular weight excluding hydrogens is 334 g/mol. The molecule has 0 aliphatic heterocycles. The molecule has 0 fully saturated rings. The molecule has 0 spiro atoms. The Bertz CT molecular complexity index is 971. The molecule has 0 N–H and O–H groups in total. The summed E-state index contributed by atoms with van der Waals surface area (Å²) in [6.07, 6.45) is 3.03. The molecule has 4 rings (SSSR count). The van der Waals surface area contributed by atoms with Crippen molar-refractivity contribution in [3.63, 3.8) is 0 Å². The molecule has 0 radical (unpaired) electrons. The van der Waals surface area contributed by atoms with Crippen LogP contribution in [0.3, 0.4) is 0 Å². The van der Waals surface area contributed by atoms with Crippen molar-refractivity contribution in [3.05, 3.63) is 84.5 Å². The van der Waals surface area contributed by atoms with Gasteiger partial charge in [-0.05, 0) is 12.1 Å². The predicted molar refractivity (Wildman–Crippen MR) is 112 cm³/mol. The van der Waals surface area contributed by atoms with E-state index >= 15 is 0 Å². The SMILES string of the molecule is CC.CC.[O-][n+]1ccc2c(-c3ccccc3)ncnc2c1-c1ccccc1. The molecule has 4 nitrogen and oxygen atoms in total. The van der Waals surface area contributed by atoms with Crippen molar-refractivity contribution in [3.8, 4) is 22.5 Å².